The van der Waals surface area contributed by atoms with Crippen LogP contribution in [0.5, 0.6) is 0 Å². The highest BCUT2D eigenvalue weighted by molar-refractivity contribution is 5.85. The lowest BCUT2D eigenvalue weighted by Crippen LogP contribution is -2.11. The quantitative estimate of drug-likeness (QED) is 0.769. The standard InChI is InChI=1S/C9H10N2O2.ClH/c12-9(13)8-5-6-3-1-2-4-7(6)10-11-8;/h5H,1-4H2,(H,12,13);1H. The first-order valence-corrected chi connectivity index (χ1v) is 4.36. The fourth-order valence-corrected chi connectivity index (χ4v) is 1.60. The van der Waals surface area contributed by atoms with Crippen molar-refractivity contribution < 1.29 is 9.90 Å². The molecule has 0 aliphatic heterocycles. The van der Waals surface area contributed by atoms with Gasteiger partial charge in [-0.25, -0.2) is 4.79 Å². The van der Waals surface area contributed by atoms with E-state index in [2.05, 4.69) is 10.2 Å². The number of aromatic nitrogens is 2. The molecule has 0 fully saturated rings. The zero-order valence-corrected chi connectivity index (χ0v) is 8.38. The number of rotatable bonds is 1. The van der Waals surface area contributed by atoms with Crippen LogP contribution in [-0.2, 0) is 12.8 Å². The van der Waals surface area contributed by atoms with Crippen LogP contribution < -0.4 is 0 Å². The summed E-state index contributed by atoms with van der Waals surface area (Å²) in [5, 5.41) is 16.2. The zero-order chi connectivity index (χ0) is 9.26. The van der Waals surface area contributed by atoms with Gasteiger partial charge in [-0.1, -0.05) is 0 Å². The first kappa shape index (κ1) is 10.9. The molecule has 0 radical (unpaired) electrons. The van der Waals surface area contributed by atoms with E-state index in [-0.39, 0.29) is 18.1 Å². The van der Waals surface area contributed by atoms with E-state index in [9.17, 15) is 4.79 Å². The van der Waals surface area contributed by atoms with Crippen LogP contribution in [0.3, 0.4) is 0 Å². The number of fused-ring (bicyclic) bond motifs is 1. The van der Waals surface area contributed by atoms with E-state index in [1.807, 2.05) is 0 Å². The summed E-state index contributed by atoms with van der Waals surface area (Å²) in [4.78, 5) is 10.6. The summed E-state index contributed by atoms with van der Waals surface area (Å²) in [6.45, 7) is 0. The van der Waals surface area contributed by atoms with Gasteiger partial charge in [0.1, 0.15) is 0 Å². The molecule has 2 rings (SSSR count). The summed E-state index contributed by atoms with van der Waals surface area (Å²) in [5.41, 5.74) is 2.08. The van der Waals surface area contributed by atoms with Gasteiger partial charge < -0.3 is 5.11 Å². The minimum atomic E-state index is -0.999. The second kappa shape index (κ2) is 4.37. The van der Waals surface area contributed by atoms with Gasteiger partial charge in [-0.3, -0.25) is 0 Å². The summed E-state index contributed by atoms with van der Waals surface area (Å²) in [7, 11) is 0. The Morgan fingerprint density at radius 2 is 2.00 bits per heavy atom. The van der Waals surface area contributed by atoms with E-state index >= 15 is 0 Å². The van der Waals surface area contributed by atoms with Crippen LogP contribution in [0.25, 0.3) is 0 Å². The van der Waals surface area contributed by atoms with Gasteiger partial charge in [0.25, 0.3) is 0 Å². The molecule has 0 unspecified atom stereocenters. The maximum Gasteiger partial charge on any atom is 0.356 e. The highest BCUT2D eigenvalue weighted by atomic mass is 35.5. The Bertz CT molecular complexity index is 355. The lowest BCUT2D eigenvalue weighted by Gasteiger charge is -2.13. The molecule has 0 atom stereocenters. The first-order chi connectivity index (χ1) is 6.27. The smallest absolute Gasteiger partial charge is 0.356 e. The minimum Gasteiger partial charge on any atom is -0.476 e. The Hall–Kier alpha value is -1.16. The number of carbonyl (C=O) groups is 1. The maximum absolute atomic E-state index is 10.6. The molecule has 1 N–H and O–H groups in total. The van der Waals surface area contributed by atoms with E-state index in [0.717, 1.165) is 36.9 Å². The highest BCUT2D eigenvalue weighted by Gasteiger charge is 2.14. The number of hydrogen-bond donors (Lipinski definition) is 1. The van der Waals surface area contributed by atoms with Gasteiger partial charge in [0.2, 0.25) is 0 Å². The molecule has 0 spiro atoms. The van der Waals surface area contributed by atoms with E-state index in [4.69, 9.17) is 5.11 Å². The summed E-state index contributed by atoms with van der Waals surface area (Å²) >= 11 is 0. The third-order valence-electron chi connectivity index (χ3n) is 2.29. The third-order valence-corrected chi connectivity index (χ3v) is 2.29. The van der Waals surface area contributed by atoms with Crippen LogP contribution in [0.1, 0.15) is 34.6 Å². The molecule has 0 aromatic carbocycles. The Morgan fingerprint density at radius 3 is 2.71 bits per heavy atom. The van der Waals surface area contributed by atoms with E-state index in [0.29, 0.717) is 0 Å². The SMILES string of the molecule is Cl.O=C(O)c1cc2c(nn1)CCCC2. The molecule has 1 aromatic heterocycles. The summed E-state index contributed by atoms with van der Waals surface area (Å²) in [6, 6.07) is 1.64. The van der Waals surface area contributed by atoms with Gasteiger partial charge in [0, 0.05) is 0 Å². The Balaban J connectivity index is 0.000000980. The van der Waals surface area contributed by atoms with E-state index in [1.165, 1.54) is 0 Å². The van der Waals surface area contributed by atoms with Crippen molar-refractivity contribution in [2.75, 3.05) is 0 Å². The fourth-order valence-electron chi connectivity index (χ4n) is 1.60. The van der Waals surface area contributed by atoms with Gasteiger partial charge in [0.15, 0.2) is 5.69 Å². The van der Waals surface area contributed by atoms with Crippen molar-refractivity contribution in [2.45, 2.75) is 25.7 Å². The number of carboxylic acid groups (broad SMARTS) is 1. The second-order valence-corrected chi connectivity index (χ2v) is 3.21. The molecular weight excluding hydrogens is 204 g/mol. The Labute approximate surface area is 87.8 Å². The molecule has 1 aromatic rings. The molecule has 5 heteroatoms. The second-order valence-electron chi connectivity index (χ2n) is 3.21. The number of nitrogens with zero attached hydrogens (tertiary/aromatic N) is 2. The zero-order valence-electron chi connectivity index (χ0n) is 7.56. The largest absolute Gasteiger partial charge is 0.476 e. The van der Waals surface area contributed by atoms with Crippen LogP contribution in [0.4, 0.5) is 0 Å². The molecular formula is C9H11ClN2O2. The van der Waals surface area contributed by atoms with Crippen molar-refractivity contribution in [3.63, 3.8) is 0 Å². The number of hydrogen-bond acceptors (Lipinski definition) is 3. The molecule has 1 aliphatic carbocycles. The predicted molar refractivity (Wildman–Crippen MR) is 52.9 cm³/mol. The summed E-state index contributed by atoms with van der Waals surface area (Å²) < 4.78 is 0. The van der Waals surface area contributed by atoms with E-state index in [1.54, 1.807) is 6.07 Å². The van der Waals surface area contributed by atoms with Crippen molar-refractivity contribution in [2.24, 2.45) is 0 Å². The average molecular weight is 215 g/mol. The molecule has 4 nitrogen and oxygen atoms in total. The summed E-state index contributed by atoms with van der Waals surface area (Å²) in [5.74, 6) is -0.999. The minimum absolute atomic E-state index is 0. The van der Waals surface area contributed by atoms with Gasteiger partial charge in [0.05, 0.1) is 5.69 Å². The molecule has 1 heterocycles. The lowest BCUT2D eigenvalue weighted by molar-refractivity contribution is 0.0689. The lowest BCUT2D eigenvalue weighted by atomic mass is 9.96. The predicted octanol–water partition coefficient (Wildman–Crippen LogP) is 1.48. The normalized spacial score (nSPS) is 14.0. The van der Waals surface area contributed by atoms with Crippen LogP contribution in [0.15, 0.2) is 6.07 Å². The van der Waals surface area contributed by atoms with Gasteiger partial charge >= 0.3 is 5.97 Å². The van der Waals surface area contributed by atoms with Crippen LogP contribution in [0.2, 0.25) is 0 Å². The molecule has 1 aliphatic rings. The van der Waals surface area contributed by atoms with Crippen molar-refractivity contribution in [3.05, 3.63) is 23.0 Å². The molecule has 76 valence electrons. The van der Waals surface area contributed by atoms with Gasteiger partial charge in [-0.15, -0.1) is 17.5 Å². The molecule has 0 amide bonds. The number of aromatic carboxylic acids is 1. The van der Waals surface area contributed by atoms with Crippen molar-refractivity contribution in [1.29, 1.82) is 0 Å². The van der Waals surface area contributed by atoms with Gasteiger partial charge in [-0.2, -0.15) is 5.10 Å². The monoisotopic (exact) mass is 214 g/mol. The number of aryl methyl sites for hydroxylation is 2. The molecule has 0 saturated heterocycles. The molecule has 14 heavy (non-hydrogen) atoms. The van der Waals surface area contributed by atoms with Crippen LogP contribution in [0, 0.1) is 0 Å². The Kier molecular flexibility index (Phi) is 3.41. The van der Waals surface area contributed by atoms with Crippen LogP contribution in [-0.4, -0.2) is 21.3 Å². The Morgan fingerprint density at radius 1 is 1.29 bits per heavy atom. The van der Waals surface area contributed by atoms with Crippen LogP contribution >= 0.6 is 12.4 Å². The maximum atomic E-state index is 10.6. The number of carboxylic acids is 1. The third kappa shape index (κ3) is 2.01. The van der Waals surface area contributed by atoms with Crippen molar-refractivity contribution in [3.8, 4) is 0 Å². The van der Waals surface area contributed by atoms with Gasteiger partial charge in [-0.05, 0) is 37.3 Å². The summed E-state index contributed by atoms with van der Waals surface area (Å²) in [6.07, 6.45) is 4.12. The molecule has 0 bridgehead atoms. The number of halogens is 1. The average Bonchev–Trinajstić information content (AvgIpc) is 2.17. The topological polar surface area (TPSA) is 63.1 Å². The van der Waals surface area contributed by atoms with Crippen molar-refractivity contribution in [1.82, 2.24) is 10.2 Å². The first-order valence-electron chi connectivity index (χ1n) is 4.36. The highest BCUT2D eigenvalue weighted by Crippen LogP contribution is 2.18. The van der Waals surface area contributed by atoms with Crippen molar-refractivity contribution >= 4 is 18.4 Å². The van der Waals surface area contributed by atoms with E-state index < -0.39 is 5.97 Å². The fraction of sp³-hybridized carbons (Fsp3) is 0.444. The molecule has 0 saturated carbocycles.